The Hall–Kier alpha value is -3.34. The molecule has 0 saturated heterocycles. The molecule has 4 rings (SSSR count). The third-order valence-electron chi connectivity index (χ3n) is 4.66. The normalized spacial score (nSPS) is 11.2. The van der Waals surface area contributed by atoms with E-state index in [-0.39, 0.29) is 18.3 Å². The van der Waals surface area contributed by atoms with Gasteiger partial charge in [-0.3, -0.25) is 15.0 Å². The van der Waals surface area contributed by atoms with Crippen LogP contribution in [-0.2, 0) is 16.1 Å². The topological polar surface area (TPSA) is 107 Å². The van der Waals surface area contributed by atoms with Crippen LogP contribution in [0.4, 0.5) is 5.88 Å². The molecule has 4 aromatic rings. The Morgan fingerprint density at radius 3 is 2.81 bits per heavy atom. The maximum atomic E-state index is 12.6. The highest BCUT2D eigenvalue weighted by Gasteiger charge is 2.17. The van der Waals surface area contributed by atoms with Gasteiger partial charge in [0.05, 0.1) is 24.6 Å². The number of anilines is 1. The van der Waals surface area contributed by atoms with Gasteiger partial charge in [-0.2, -0.15) is 0 Å². The fourth-order valence-corrected chi connectivity index (χ4v) is 3.66. The first-order valence-corrected chi connectivity index (χ1v) is 10.9. The highest BCUT2D eigenvalue weighted by atomic mass is 32.1. The lowest BCUT2D eigenvalue weighted by molar-refractivity contribution is -0.117. The van der Waals surface area contributed by atoms with Crippen molar-refractivity contribution < 1.29 is 18.5 Å². The van der Waals surface area contributed by atoms with E-state index in [9.17, 15) is 4.79 Å². The molecule has 0 aliphatic heterocycles. The van der Waals surface area contributed by atoms with Gasteiger partial charge in [-0.05, 0) is 18.4 Å². The van der Waals surface area contributed by atoms with Gasteiger partial charge in [0, 0.05) is 25.3 Å². The molecular formula is C22H23N5O4S. The second-order valence-corrected chi connectivity index (χ2v) is 8.12. The number of amides is 1. The molecule has 3 heterocycles. The van der Waals surface area contributed by atoms with Crippen LogP contribution in [0.2, 0.25) is 0 Å². The van der Waals surface area contributed by atoms with Crippen LogP contribution in [0.3, 0.4) is 0 Å². The van der Waals surface area contributed by atoms with Gasteiger partial charge >= 0.3 is 0 Å². The van der Waals surface area contributed by atoms with Crippen molar-refractivity contribution in [2.75, 3.05) is 32.1 Å². The summed E-state index contributed by atoms with van der Waals surface area (Å²) in [4.78, 5) is 15.4. The van der Waals surface area contributed by atoms with E-state index >= 15 is 0 Å². The molecule has 0 aliphatic rings. The van der Waals surface area contributed by atoms with E-state index in [0.29, 0.717) is 37.2 Å². The molecule has 32 heavy (non-hydrogen) atoms. The summed E-state index contributed by atoms with van der Waals surface area (Å²) in [6.45, 7) is 3.41. The van der Waals surface area contributed by atoms with Crippen LogP contribution >= 0.6 is 11.3 Å². The fourth-order valence-electron chi connectivity index (χ4n) is 3.02. The maximum absolute atomic E-state index is 12.6. The molecule has 0 saturated carbocycles. The lowest BCUT2D eigenvalue weighted by Crippen LogP contribution is -2.35. The zero-order valence-electron chi connectivity index (χ0n) is 17.8. The Labute approximate surface area is 189 Å². The van der Waals surface area contributed by atoms with Crippen molar-refractivity contribution in [3.8, 4) is 22.0 Å². The van der Waals surface area contributed by atoms with Gasteiger partial charge in [0.1, 0.15) is 5.69 Å². The van der Waals surface area contributed by atoms with E-state index < -0.39 is 0 Å². The van der Waals surface area contributed by atoms with E-state index in [4.69, 9.17) is 13.7 Å². The van der Waals surface area contributed by atoms with Gasteiger partial charge in [-0.1, -0.05) is 41.1 Å². The number of ether oxygens (including phenoxy) is 1. The quantitative estimate of drug-likeness (QED) is 0.386. The Bertz CT molecular complexity index is 1140. The van der Waals surface area contributed by atoms with Gasteiger partial charge in [-0.25, -0.2) is 0 Å². The number of aryl methyl sites for hydroxylation is 1. The van der Waals surface area contributed by atoms with E-state index in [2.05, 4.69) is 20.7 Å². The zero-order chi connectivity index (χ0) is 22.3. The average Bonchev–Trinajstić information content (AvgIpc) is 3.54. The minimum atomic E-state index is -0.245. The number of hydrogen-bond acceptors (Lipinski definition) is 9. The average molecular weight is 454 g/mol. The summed E-state index contributed by atoms with van der Waals surface area (Å²) in [5.41, 5.74) is 2.73. The molecule has 0 fully saturated rings. The summed E-state index contributed by atoms with van der Waals surface area (Å²) in [6.07, 6.45) is 0. The van der Waals surface area contributed by atoms with Gasteiger partial charge < -0.3 is 13.7 Å². The first-order valence-electron chi connectivity index (χ1n) is 10.0. The number of methoxy groups -OCH3 is 1. The van der Waals surface area contributed by atoms with Crippen molar-refractivity contribution >= 4 is 23.1 Å². The van der Waals surface area contributed by atoms with E-state index in [0.717, 1.165) is 16.0 Å². The summed E-state index contributed by atoms with van der Waals surface area (Å²) in [7, 11) is 1.61. The van der Waals surface area contributed by atoms with Crippen molar-refractivity contribution in [2.24, 2.45) is 0 Å². The number of carbonyl (C=O) groups excluding carboxylic acids is 1. The molecule has 0 radical (unpaired) electrons. The highest BCUT2D eigenvalue weighted by molar-refractivity contribution is 7.13. The molecule has 0 bridgehead atoms. The minimum absolute atomic E-state index is 0.0979. The van der Waals surface area contributed by atoms with Crippen LogP contribution in [-0.4, -0.2) is 53.0 Å². The van der Waals surface area contributed by atoms with Gasteiger partial charge in [0.25, 0.3) is 5.89 Å². The van der Waals surface area contributed by atoms with Crippen molar-refractivity contribution in [1.29, 1.82) is 0 Å². The molecular weight excluding hydrogens is 430 g/mol. The third-order valence-corrected chi connectivity index (χ3v) is 5.51. The Balaban J connectivity index is 1.37. The fraction of sp³-hybridized carbons (Fsp3) is 0.273. The summed E-state index contributed by atoms with van der Waals surface area (Å²) < 4.78 is 16.2. The number of rotatable bonds is 10. The summed E-state index contributed by atoms with van der Waals surface area (Å²) in [6, 6.07) is 13.5. The summed E-state index contributed by atoms with van der Waals surface area (Å²) in [5.74, 6) is 0.941. The van der Waals surface area contributed by atoms with Gasteiger partial charge in [-0.15, -0.1) is 21.5 Å². The second-order valence-electron chi connectivity index (χ2n) is 7.17. The number of hydrogen-bond donors (Lipinski definition) is 1. The molecule has 0 atom stereocenters. The van der Waals surface area contributed by atoms with Crippen molar-refractivity contribution in [3.05, 3.63) is 59.3 Å². The second kappa shape index (κ2) is 10.3. The number of carbonyl (C=O) groups is 1. The predicted molar refractivity (Wildman–Crippen MR) is 120 cm³/mol. The lowest BCUT2D eigenvalue weighted by Gasteiger charge is -2.18. The Kier molecular flexibility index (Phi) is 7.05. The summed E-state index contributed by atoms with van der Waals surface area (Å²) >= 11 is 1.52. The van der Waals surface area contributed by atoms with E-state index in [1.165, 1.54) is 11.3 Å². The zero-order valence-corrected chi connectivity index (χ0v) is 18.6. The van der Waals surface area contributed by atoms with E-state index in [1.807, 2.05) is 53.6 Å². The first kappa shape index (κ1) is 21.9. The van der Waals surface area contributed by atoms with Crippen LogP contribution < -0.4 is 5.32 Å². The number of thiophene rings is 1. The van der Waals surface area contributed by atoms with E-state index in [1.54, 1.807) is 13.2 Å². The Morgan fingerprint density at radius 2 is 2.06 bits per heavy atom. The van der Waals surface area contributed by atoms with Crippen LogP contribution in [0.1, 0.15) is 11.5 Å². The SMILES string of the molecule is COCCN(CC(=O)Nc1cc(-c2ccc(C)cc2)no1)Cc1nnc(-c2cccs2)o1. The largest absolute Gasteiger partial charge is 0.419 e. The molecule has 3 aromatic heterocycles. The highest BCUT2D eigenvalue weighted by Crippen LogP contribution is 2.24. The first-order chi connectivity index (χ1) is 15.6. The molecule has 1 aromatic carbocycles. The van der Waals surface area contributed by atoms with Crippen LogP contribution in [0.15, 0.2) is 56.8 Å². The molecule has 0 aliphatic carbocycles. The maximum Gasteiger partial charge on any atom is 0.257 e. The minimum Gasteiger partial charge on any atom is -0.419 e. The third kappa shape index (κ3) is 5.67. The monoisotopic (exact) mass is 453 g/mol. The Morgan fingerprint density at radius 1 is 1.22 bits per heavy atom. The molecule has 166 valence electrons. The number of benzene rings is 1. The van der Waals surface area contributed by atoms with Crippen LogP contribution in [0, 0.1) is 6.92 Å². The van der Waals surface area contributed by atoms with Gasteiger partial charge in [0.2, 0.25) is 17.7 Å². The summed E-state index contributed by atoms with van der Waals surface area (Å²) in [5, 5.41) is 16.9. The molecule has 1 N–H and O–H groups in total. The van der Waals surface area contributed by atoms with Crippen molar-refractivity contribution in [2.45, 2.75) is 13.5 Å². The molecule has 9 nitrogen and oxygen atoms in total. The lowest BCUT2D eigenvalue weighted by atomic mass is 10.1. The molecule has 0 spiro atoms. The van der Waals surface area contributed by atoms with Crippen molar-refractivity contribution in [3.63, 3.8) is 0 Å². The molecule has 0 unspecified atom stereocenters. The van der Waals surface area contributed by atoms with Crippen LogP contribution in [0.5, 0.6) is 0 Å². The number of nitrogens with zero attached hydrogens (tertiary/aromatic N) is 4. The van der Waals surface area contributed by atoms with Gasteiger partial charge in [0.15, 0.2) is 0 Å². The number of aromatic nitrogens is 3. The standard InChI is InChI=1S/C22H23N5O4S/c1-15-5-7-16(8-6-15)17-12-20(31-26-17)23-19(28)13-27(9-10-29-2)14-21-24-25-22(30-21)18-4-3-11-32-18/h3-8,11-12H,9-10,13-14H2,1-2H3,(H,23,28). The smallest absolute Gasteiger partial charge is 0.257 e. The molecule has 10 heteroatoms. The number of nitrogens with one attached hydrogen (secondary N) is 1. The van der Waals surface area contributed by atoms with Crippen LogP contribution in [0.25, 0.3) is 22.0 Å². The van der Waals surface area contributed by atoms with Crippen molar-refractivity contribution in [1.82, 2.24) is 20.3 Å². The predicted octanol–water partition coefficient (Wildman–Crippen LogP) is 3.85. The molecule has 1 amide bonds.